The molecular formula is C12H14ClIN2O2. The molecule has 0 atom stereocenters. The van der Waals surface area contributed by atoms with Gasteiger partial charge in [-0.2, -0.15) is 0 Å². The molecule has 0 aliphatic heterocycles. The molecule has 0 fully saturated rings. The zero-order valence-electron chi connectivity index (χ0n) is 9.93. The number of hydrogen-bond donors (Lipinski definition) is 2. The standard InChI is InChI=1S/C12H14ClIN2O2/c1-2-15-11(17)5-6-16-12(18)9-7-8(13)3-4-10(9)14/h3-4,7H,2,5-6H2,1H3,(H,15,17)(H,16,18). The van der Waals surface area contributed by atoms with Gasteiger partial charge in [0, 0.05) is 28.1 Å². The molecule has 0 heterocycles. The van der Waals surface area contributed by atoms with Gasteiger partial charge in [-0.05, 0) is 47.7 Å². The second kappa shape index (κ2) is 7.58. The van der Waals surface area contributed by atoms with Crippen LogP contribution in [-0.4, -0.2) is 24.9 Å². The Balaban J connectivity index is 2.50. The zero-order valence-corrected chi connectivity index (χ0v) is 12.8. The molecule has 98 valence electrons. The molecule has 1 rings (SSSR count). The van der Waals surface area contributed by atoms with Crippen molar-refractivity contribution in [3.05, 3.63) is 32.4 Å². The molecule has 0 spiro atoms. The fourth-order valence-electron chi connectivity index (χ4n) is 1.34. The molecule has 0 bridgehead atoms. The Labute approximate surface area is 125 Å². The van der Waals surface area contributed by atoms with Crippen molar-refractivity contribution in [2.45, 2.75) is 13.3 Å². The third-order valence-corrected chi connectivity index (χ3v) is 3.36. The van der Waals surface area contributed by atoms with E-state index in [0.717, 1.165) is 3.57 Å². The normalized spacial score (nSPS) is 9.94. The lowest BCUT2D eigenvalue weighted by atomic mass is 10.2. The molecule has 0 saturated heterocycles. The van der Waals surface area contributed by atoms with Gasteiger partial charge in [0.25, 0.3) is 5.91 Å². The molecule has 18 heavy (non-hydrogen) atoms. The molecule has 0 saturated carbocycles. The number of hydrogen-bond acceptors (Lipinski definition) is 2. The van der Waals surface area contributed by atoms with Crippen molar-refractivity contribution in [2.75, 3.05) is 13.1 Å². The average Bonchev–Trinajstić information content (AvgIpc) is 2.32. The summed E-state index contributed by atoms with van der Waals surface area (Å²) in [6.45, 7) is 2.76. The van der Waals surface area contributed by atoms with Crippen molar-refractivity contribution in [2.24, 2.45) is 0 Å². The van der Waals surface area contributed by atoms with Crippen molar-refractivity contribution >= 4 is 46.0 Å². The van der Waals surface area contributed by atoms with E-state index in [1.165, 1.54) is 0 Å². The van der Waals surface area contributed by atoms with E-state index in [2.05, 4.69) is 33.2 Å². The Bertz CT molecular complexity index is 452. The van der Waals surface area contributed by atoms with E-state index >= 15 is 0 Å². The summed E-state index contributed by atoms with van der Waals surface area (Å²) in [5, 5.41) is 5.88. The van der Waals surface area contributed by atoms with Crippen LogP contribution in [0.4, 0.5) is 0 Å². The molecule has 2 amide bonds. The minimum absolute atomic E-state index is 0.0707. The smallest absolute Gasteiger partial charge is 0.252 e. The van der Waals surface area contributed by atoms with Crippen LogP contribution in [0.5, 0.6) is 0 Å². The fraction of sp³-hybridized carbons (Fsp3) is 0.333. The Morgan fingerprint density at radius 3 is 2.72 bits per heavy atom. The summed E-state index contributed by atoms with van der Waals surface area (Å²) in [5.41, 5.74) is 0.527. The maximum absolute atomic E-state index is 11.9. The summed E-state index contributed by atoms with van der Waals surface area (Å²) < 4.78 is 0.826. The first-order chi connectivity index (χ1) is 8.54. The van der Waals surface area contributed by atoms with Crippen LogP contribution in [0.25, 0.3) is 0 Å². The number of carbonyl (C=O) groups is 2. The highest BCUT2D eigenvalue weighted by Crippen LogP contribution is 2.17. The molecule has 1 aromatic rings. The largest absolute Gasteiger partial charge is 0.356 e. The monoisotopic (exact) mass is 380 g/mol. The summed E-state index contributed by atoms with van der Waals surface area (Å²) in [4.78, 5) is 23.0. The predicted octanol–water partition coefficient (Wildman–Crippen LogP) is 2.20. The summed E-state index contributed by atoms with van der Waals surface area (Å²) in [6, 6.07) is 5.13. The van der Waals surface area contributed by atoms with Crippen molar-refractivity contribution in [3.63, 3.8) is 0 Å². The highest BCUT2D eigenvalue weighted by atomic mass is 127. The molecular weight excluding hydrogens is 367 g/mol. The van der Waals surface area contributed by atoms with Gasteiger partial charge in [-0.15, -0.1) is 0 Å². The zero-order chi connectivity index (χ0) is 13.5. The number of rotatable bonds is 5. The lowest BCUT2D eigenvalue weighted by Crippen LogP contribution is -2.30. The van der Waals surface area contributed by atoms with Crippen LogP contribution in [0.2, 0.25) is 5.02 Å². The predicted molar refractivity (Wildman–Crippen MR) is 79.8 cm³/mol. The van der Waals surface area contributed by atoms with E-state index in [9.17, 15) is 9.59 Å². The molecule has 0 aromatic heterocycles. The first kappa shape index (κ1) is 15.2. The summed E-state index contributed by atoms with van der Waals surface area (Å²) in [5.74, 6) is -0.287. The summed E-state index contributed by atoms with van der Waals surface area (Å²) >= 11 is 7.91. The van der Waals surface area contributed by atoms with Gasteiger partial charge in [-0.25, -0.2) is 0 Å². The lowest BCUT2D eigenvalue weighted by Gasteiger charge is -2.07. The fourth-order valence-corrected chi connectivity index (χ4v) is 2.09. The Morgan fingerprint density at radius 2 is 2.06 bits per heavy atom. The van der Waals surface area contributed by atoms with Gasteiger partial charge < -0.3 is 10.6 Å². The van der Waals surface area contributed by atoms with E-state index in [-0.39, 0.29) is 18.2 Å². The quantitative estimate of drug-likeness (QED) is 0.770. The van der Waals surface area contributed by atoms with E-state index in [1.54, 1.807) is 18.2 Å². The number of nitrogens with one attached hydrogen (secondary N) is 2. The highest BCUT2D eigenvalue weighted by molar-refractivity contribution is 14.1. The maximum Gasteiger partial charge on any atom is 0.252 e. The van der Waals surface area contributed by atoms with Gasteiger partial charge in [-0.1, -0.05) is 11.6 Å². The van der Waals surface area contributed by atoms with E-state index in [0.29, 0.717) is 23.7 Å². The third-order valence-electron chi connectivity index (χ3n) is 2.18. The number of benzene rings is 1. The van der Waals surface area contributed by atoms with Gasteiger partial charge in [0.2, 0.25) is 5.91 Å². The van der Waals surface area contributed by atoms with Gasteiger partial charge in [-0.3, -0.25) is 9.59 Å². The SMILES string of the molecule is CCNC(=O)CCNC(=O)c1cc(Cl)ccc1I. The number of halogens is 2. The molecule has 4 nitrogen and oxygen atoms in total. The Kier molecular flexibility index (Phi) is 6.42. The van der Waals surface area contributed by atoms with Gasteiger partial charge >= 0.3 is 0 Å². The van der Waals surface area contributed by atoms with Crippen LogP contribution >= 0.6 is 34.2 Å². The molecule has 0 radical (unpaired) electrons. The molecule has 6 heteroatoms. The van der Waals surface area contributed by atoms with E-state index in [1.807, 2.05) is 6.92 Å². The summed E-state index contributed by atoms with van der Waals surface area (Å²) in [6.07, 6.45) is 0.275. The minimum Gasteiger partial charge on any atom is -0.356 e. The number of carbonyl (C=O) groups excluding carboxylic acids is 2. The van der Waals surface area contributed by atoms with Gasteiger partial charge in [0.15, 0.2) is 0 Å². The average molecular weight is 381 g/mol. The molecule has 0 unspecified atom stereocenters. The molecule has 2 N–H and O–H groups in total. The second-order valence-electron chi connectivity index (χ2n) is 3.58. The lowest BCUT2D eigenvalue weighted by molar-refractivity contribution is -0.120. The van der Waals surface area contributed by atoms with Crippen LogP contribution in [0.1, 0.15) is 23.7 Å². The number of amides is 2. The van der Waals surface area contributed by atoms with Crippen LogP contribution < -0.4 is 10.6 Å². The van der Waals surface area contributed by atoms with Gasteiger partial charge in [0.05, 0.1) is 5.56 Å². The third kappa shape index (κ3) is 4.81. The van der Waals surface area contributed by atoms with Crippen molar-refractivity contribution in [1.82, 2.24) is 10.6 Å². The molecule has 0 aliphatic rings. The minimum atomic E-state index is -0.216. The Hall–Kier alpha value is -0.820. The van der Waals surface area contributed by atoms with Crippen LogP contribution in [0.3, 0.4) is 0 Å². The van der Waals surface area contributed by atoms with Crippen LogP contribution in [-0.2, 0) is 4.79 Å². The van der Waals surface area contributed by atoms with E-state index in [4.69, 9.17) is 11.6 Å². The Morgan fingerprint density at radius 1 is 1.33 bits per heavy atom. The van der Waals surface area contributed by atoms with Crippen molar-refractivity contribution < 1.29 is 9.59 Å². The second-order valence-corrected chi connectivity index (χ2v) is 5.18. The van der Waals surface area contributed by atoms with Crippen molar-refractivity contribution in [1.29, 1.82) is 0 Å². The van der Waals surface area contributed by atoms with Gasteiger partial charge in [0.1, 0.15) is 0 Å². The maximum atomic E-state index is 11.9. The van der Waals surface area contributed by atoms with Crippen LogP contribution in [0, 0.1) is 3.57 Å². The van der Waals surface area contributed by atoms with Crippen LogP contribution in [0.15, 0.2) is 18.2 Å². The summed E-state index contributed by atoms with van der Waals surface area (Å²) in [7, 11) is 0. The first-order valence-electron chi connectivity index (χ1n) is 5.54. The molecule has 1 aromatic carbocycles. The molecule has 0 aliphatic carbocycles. The van der Waals surface area contributed by atoms with E-state index < -0.39 is 0 Å². The first-order valence-corrected chi connectivity index (χ1v) is 7.00. The van der Waals surface area contributed by atoms with Crippen molar-refractivity contribution in [3.8, 4) is 0 Å². The highest BCUT2D eigenvalue weighted by Gasteiger charge is 2.10. The topological polar surface area (TPSA) is 58.2 Å².